The molecule has 1 aliphatic heterocycles. The van der Waals surface area contributed by atoms with Crippen LogP contribution in [0.4, 0.5) is 14.9 Å². The van der Waals surface area contributed by atoms with E-state index >= 15 is 0 Å². The fraction of sp³-hybridized carbons (Fsp3) is 0.429. The van der Waals surface area contributed by atoms with Crippen molar-refractivity contribution >= 4 is 29.4 Å². The number of hydrogen-bond donors (Lipinski definition) is 3. The molecule has 5 nitrogen and oxygen atoms in total. The molecule has 1 fully saturated rings. The lowest BCUT2D eigenvalue weighted by atomic mass is 10.0. The Morgan fingerprint density at radius 3 is 2.71 bits per heavy atom. The number of rotatable bonds is 4. The van der Waals surface area contributed by atoms with Crippen LogP contribution in [0.5, 0.6) is 0 Å². The van der Waals surface area contributed by atoms with Gasteiger partial charge in [0.2, 0.25) is 0 Å². The number of aromatic carboxylic acids is 1. The molecule has 3 N–H and O–H groups in total. The SMILES string of the molecule is O=C(NCC1CCSCC1)Nc1cc(C(=O)O)ccc1F. The third-order valence-electron chi connectivity index (χ3n) is 3.35. The van der Waals surface area contributed by atoms with E-state index in [-0.39, 0.29) is 11.3 Å². The molecule has 1 aromatic rings. The summed E-state index contributed by atoms with van der Waals surface area (Å²) in [6.45, 7) is 0.548. The van der Waals surface area contributed by atoms with Crippen LogP contribution in [0.2, 0.25) is 0 Å². The molecule has 1 saturated heterocycles. The van der Waals surface area contributed by atoms with Gasteiger partial charge in [-0.2, -0.15) is 11.8 Å². The Kier molecular flexibility index (Phi) is 5.44. The lowest BCUT2D eigenvalue weighted by Gasteiger charge is -2.21. The Morgan fingerprint density at radius 1 is 1.33 bits per heavy atom. The lowest BCUT2D eigenvalue weighted by Crippen LogP contribution is -2.34. The van der Waals surface area contributed by atoms with E-state index in [9.17, 15) is 14.0 Å². The van der Waals surface area contributed by atoms with Crippen LogP contribution in [0.15, 0.2) is 18.2 Å². The van der Waals surface area contributed by atoms with E-state index in [0.717, 1.165) is 42.5 Å². The molecule has 0 aromatic heterocycles. The van der Waals surface area contributed by atoms with Gasteiger partial charge in [0.05, 0.1) is 11.3 Å². The molecule has 0 unspecified atom stereocenters. The number of nitrogens with one attached hydrogen (secondary N) is 2. The normalized spacial score (nSPS) is 15.5. The first-order chi connectivity index (χ1) is 10.1. The number of anilines is 1. The van der Waals surface area contributed by atoms with Crippen molar-refractivity contribution in [1.82, 2.24) is 5.32 Å². The van der Waals surface area contributed by atoms with Crippen LogP contribution in [0.1, 0.15) is 23.2 Å². The molecule has 0 aliphatic carbocycles. The maximum Gasteiger partial charge on any atom is 0.335 e. The minimum atomic E-state index is -1.17. The molecular formula is C14H17FN2O3S. The van der Waals surface area contributed by atoms with Crippen LogP contribution >= 0.6 is 11.8 Å². The number of carbonyl (C=O) groups excluding carboxylic acids is 1. The summed E-state index contributed by atoms with van der Waals surface area (Å²) in [4.78, 5) is 22.6. The summed E-state index contributed by atoms with van der Waals surface area (Å²) >= 11 is 1.91. The number of carboxylic acids is 1. The van der Waals surface area contributed by atoms with Crippen molar-refractivity contribution in [2.45, 2.75) is 12.8 Å². The average Bonchev–Trinajstić information content (AvgIpc) is 2.48. The Bertz CT molecular complexity index is 533. The molecule has 7 heteroatoms. The molecular weight excluding hydrogens is 295 g/mol. The van der Waals surface area contributed by atoms with Gasteiger partial charge in [0.1, 0.15) is 5.82 Å². The van der Waals surface area contributed by atoms with E-state index in [1.165, 1.54) is 0 Å². The first-order valence-corrected chi connectivity index (χ1v) is 7.87. The maximum atomic E-state index is 13.6. The predicted molar refractivity (Wildman–Crippen MR) is 80.4 cm³/mol. The smallest absolute Gasteiger partial charge is 0.335 e. The van der Waals surface area contributed by atoms with Crippen molar-refractivity contribution in [2.24, 2.45) is 5.92 Å². The highest BCUT2D eigenvalue weighted by Crippen LogP contribution is 2.22. The van der Waals surface area contributed by atoms with E-state index in [1.54, 1.807) is 0 Å². The number of halogens is 1. The summed E-state index contributed by atoms with van der Waals surface area (Å²) in [6.07, 6.45) is 2.13. The minimum absolute atomic E-state index is 0.0731. The van der Waals surface area contributed by atoms with Crippen molar-refractivity contribution in [1.29, 1.82) is 0 Å². The molecule has 0 saturated carbocycles. The highest BCUT2D eigenvalue weighted by molar-refractivity contribution is 7.99. The van der Waals surface area contributed by atoms with Crippen LogP contribution in [0, 0.1) is 11.7 Å². The zero-order valence-electron chi connectivity index (χ0n) is 11.4. The maximum absolute atomic E-state index is 13.6. The summed E-state index contributed by atoms with van der Waals surface area (Å²) in [5, 5.41) is 13.9. The Labute approximate surface area is 126 Å². The van der Waals surface area contributed by atoms with Gasteiger partial charge in [0.15, 0.2) is 0 Å². The summed E-state index contributed by atoms with van der Waals surface area (Å²) < 4.78 is 13.6. The van der Waals surface area contributed by atoms with Gasteiger partial charge in [-0.1, -0.05) is 0 Å². The number of carboxylic acid groups (broad SMARTS) is 1. The van der Waals surface area contributed by atoms with Gasteiger partial charge >= 0.3 is 12.0 Å². The monoisotopic (exact) mass is 312 g/mol. The largest absolute Gasteiger partial charge is 0.478 e. The highest BCUT2D eigenvalue weighted by atomic mass is 32.2. The van der Waals surface area contributed by atoms with E-state index < -0.39 is 17.8 Å². The molecule has 21 heavy (non-hydrogen) atoms. The Morgan fingerprint density at radius 2 is 2.05 bits per heavy atom. The first-order valence-electron chi connectivity index (χ1n) is 6.71. The number of carbonyl (C=O) groups is 2. The van der Waals surface area contributed by atoms with Gasteiger partial charge in [-0.05, 0) is 48.5 Å². The molecule has 0 bridgehead atoms. The fourth-order valence-corrected chi connectivity index (χ4v) is 3.31. The summed E-state index contributed by atoms with van der Waals surface area (Å²) in [6, 6.07) is 2.77. The van der Waals surface area contributed by atoms with Gasteiger partial charge in [-0.15, -0.1) is 0 Å². The summed E-state index contributed by atoms with van der Waals surface area (Å²) in [7, 11) is 0. The fourth-order valence-electron chi connectivity index (χ4n) is 2.11. The Balaban J connectivity index is 1.89. The molecule has 114 valence electrons. The average molecular weight is 312 g/mol. The molecule has 0 radical (unpaired) electrons. The lowest BCUT2D eigenvalue weighted by molar-refractivity contribution is 0.0697. The second-order valence-electron chi connectivity index (χ2n) is 4.89. The van der Waals surface area contributed by atoms with Crippen molar-refractivity contribution < 1.29 is 19.1 Å². The third-order valence-corrected chi connectivity index (χ3v) is 4.40. The first kappa shape index (κ1) is 15.6. The zero-order valence-corrected chi connectivity index (χ0v) is 12.2. The number of thioether (sulfide) groups is 1. The summed E-state index contributed by atoms with van der Waals surface area (Å²) in [5.41, 5.74) is -0.206. The van der Waals surface area contributed by atoms with Crippen molar-refractivity contribution in [3.05, 3.63) is 29.6 Å². The second-order valence-corrected chi connectivity index (χ2v) is 6.12. The minimum Gasteiger partial charge on any atom is -0.478 e. The topological polar surface area (TPSA) is 78.4 Å². The van der Waals surface area contributed by atoms with Gasteiger partial charge in [0.25, 0.3) is 0 Å². The molecule has 0 atom stereocenters. The van der Waals surface area contributed by atoms with Crippen LogP contribution < -0.4 is 10.6 Å². The standard InChI is InChI=1S/C14H17FN2O3S/c15-11-2-1-10(13(18)19)7-12(11)17-14(20)16-8-9-3-5-21-6-4-9/h1-2,7,9H,3-6,8H2,(H,18,19)(H2,16,17,20). The summed E-state index contributed by atoms with van der Waals surface area (Å²) in [5.74, 6) is 0.821. The van der Waals surface area contributed by atoms with E-state index in [0.29, 0.717) is 12.5 Å². The molecule has 0 spiro atoms. The molecule has 1 heterocycles. The van der Waals surface area contributed by atoms with Crippen LogP contribution in [-0.2, 0) is 0 Å². The number of hydrogen-bond acceptors (Lipinski definition) is 3. The number of benzene rings is 1. The Hall–Kier alpha value is -1.76. The van der Waals surface area contributed by atoms with Crippen LogP contribution in [0.25, 0.3) is 0 Å². The van der Waals surface area contributed by atoms with E-state index in [4.69, 9.17) is 5.11 Å². The van der Waals surface area contributed by atoms with E-state index in [2.05, 4.69) is 10.6 Å². The third kappa shape index (κ3) is 4.63. The van der Waals surface area contributed by atoms with Crippen molar-refractivity contribution in [2.75, 3.05) is 23.4 Å². The molecule has 2 rings (SSSR count). The van der Waals surface area contributed by atoms with Crippen molar-refractivity contribution in [3.8, 4) is 0 Å². The van der Waals surface area contributed by atoms with Gasteiger partial charge in [0, 0.05) is 6.54 Å². The van der Waals surface area contributed by atoms with Crippen LogP contribution in [-0.4, -0.2) is 35.2 Å². The number of amides is 2. The highest BCUT2D eigenvalue weighted by Gasteiger charge is 2.15. The van der Waals surface area contributed by atoms with Gasteiger partial charge in [-0.25, -0.2) is 14.0 Å². The predicted octanol–water partition coefficient (Wildman–Crippen LogP) is 2.79. The van der Waals surface area contributed by atoms with Gasteiger partial charge < -0.3 is 15.7 Å². The molecule has 2 amide bonds. The quantitative estimate of drug-likeness (QED) is 0.799. The number of urea groups is 1. The molecule has 1 aromatic carbocycles. The van der Waals surface area contributed by atoms with Gasteiger partial charge in [-0.3, -0.25) is 0 Å². The van der Waals surface area contributed by atoms with E-state index in [1.807, 2.05) is 11.8 Å². The van der Waals surface area contributed by atoms with Crippen LogP contribution in [0.3, 0.4) is 0 Å². The van der Waals surface area contributed by atoms with Crippen molar-refractivity contribution in [3.63, 3.8) is 0 Å². The zero-order chi connectivity index (χ0) is 15.2. The second kappa shape index (κ2) is 7.31. The molecule has 1 aliphatic rings.